The third-order valence-corrected chi connectivity index (χ3v) is 5.56. The molecule has 0 N–H and O–H groups in total. The van der Waals surface area contributed by atoms with Crippen molar-refractivity contribution in [1.82, 2.24) is 9.80 Å². The summed E-state index contributed by atoms with van der Waals surface area (Å²) in [6.45, 7) is 6.00. The van der Waals surface area contributed by atoms with Crippen molar-refractivity contribution in [3.63, 3.8) is 0 Å². The number of carbonyl (C=O) groups excluding carboxylic acids is 3. The Hall–Kier alpha value is -2.95. The lowest BCUT2D eigenvalue weighted by Crippen LogP contribution is -2.42. The fraction of sp³-hybridized carbons (Fsp3) is 0.348. The molecule has 2 heterocycles. The number of hydrogen-bond acceptors (Lipinski definition) is 3. The Morgan fingerprint density at radius 1 is 0.929 bits per heavy atom. The van der Waals surface area contributed by atoms with Gasteiger partial charge in [-0.1, -0.05) is 44.2 Å². The summed E-state index contributed by atoms with van der Waals surface area (Å²) in [6, 6.07) is 14.3. The van der Waals surface area contributed by atoms with E-state index in [9.17, 15) is 14.4 Å². The lowest BCUT2D eigenvalue weighted by molar-refractivity contribution is 0.0621. The molecule has 3 amide bonds. The van der Waals surface area contributed by atoms with E-state index in [-0.39, 0.29) is 24.3 Å². The quantitative estimate of drug-likeness (QED) is 0.769. The zero-order valence-electron chi connectivity index (χ0n) is 16.2. The van der Waals surface area contributed by atoms with Crippen LogP contribution in [0, 0.1) is 11.8 Å². The summed E-state index contributed by atoms with van der Waals surface area (Å²) in [5.41, 5.74) is 2.06. The van der Waals surface area contributed by atoms with Crippen LogP contribution in [0.1, 0.15) is 56.9 Å². The lowest BCUT2D eigenvalue weighted by Gasteiger charge is -2.35. The first-order valence-corrected chi connectivity index (χ1v) is 9.77. The lowest BCUT2D eigenvalue weighted by atomic mass is 9.91. The summed E-state index contributed by atoms with van der Waals surface area (Å²) in [5.74, 6) is 0.225. The van der Waals surface area contributed by atoms with Gasteiger partial charge in [0.05, 0.1) is 17.7 Å². The van der Waals surface area contributed by atoms with Gasteiger partial charge in [0.2, 0.25) is 0 Å². The Kier molecular flexibility index (Phi) is 4.75. The minimum absolute atomic E-state index is 0.0667. The van der Waals surface area contributed by atoms with Crippen LogP contribution in [0.5, 0.6) is 0 Å². The normalized spacial score (nSPS) is 21.8. The van der Waals surface area contributed by atoms with Crippen LogP contribution < -0.4 is 0 Å². The molecule has 2 aliphatic heterocycles. The number of carbonyl (C=O) groups is 3. The van der Waals surface area contributed by atoms with Crippen LogP contribution in [0.2, 0.25) is 0 Å². The SMILES string of the molecule is CC1CC(C)CN(C(=O)c2ccc3c(c2)C(=O)N(Cc2ccccc2)C3=O)C1. The number of nitrogens with zero attached hydrogens (tertiary/aromatic N) is 2. The third-order valence-electron chi connectivity index (χ3n) is 5.56. The zero-order valence-corrected chi connectivity index (χ0v) is 16.2. The van der Waals surface area contributed by atoms with Crippen molar-refractivity contribution >= 4 is 17.7 Å². The molecular weight excluding hydrogens is 352 g/mol. The highest BCUT2D eigenvalue weighted by molar-refractivity contribution is 6.22. The molecule has 2 aromatic rings. The number of imide groups is 1. The van der Waals surface area contributed by atoms with Gasteiger partial charge < -0.3 is 4.90 Å². The van der Waals surface area contributed by atoms with Crippen LogP contribution in [0.4, 0.5) is 0 Å². The summed E-state index contributed by atoms with van der Waals surface area (Å²) in [5, 5.41) is 0. The number of piperidine rings is 1. The predicted octanol–water partition coefficient (Wildman–Crippen LogP) is 3.60. The molecule has 1 fully saturated rings. The second-order valence-corrected chi connectivity index (χ2v) is 8.10. The highest BCUT2D eigenvalue weighted by Gasteiger charge is 2.36. The van der Waals surface area contributed by atoms with Crippen molar-refractivity contribution in [2.45, 2.75) is 26.8 Å². The average Bonchev–Trinajstić information content (AvgIpc) is 2.92. The zero-order chi connectivity index (χ0) is 19.8. The number of likely N-dealkylation sites (tertiary alicyclic amines) is 1. The van der Waals surface area contributed by atoms with Crippen LogP contribution in [0.15, 0.2) is 48.5 Å². The number of hydrogen-bond donors (Lipinski definition) is 0. The van der Waals surface area contributed by atoms with Crippen molar-refractivity contribution in [2.75, 3.05) is 13.1 Å². The Bertz CT molecular complexity index is 928. The van der Waals surface area contributed by atoms with Gasteiger partial charge in [-0.15, -0.1) is 0 Å². The molecule has 2 aliphatic rings. The molecule has 5 nitrogen and oxygen atoms in total. The Balaban J connectivity index is 1.57. The van der Waals surface area contributed by atoms with Gasteiger partial charge in [0, 0.05) is 18.7 Å². The monoisotopic (exact) mass is 376 g/mol. The summed E-state index contributed by atoms with van der Waals surface area (Å²) in [4.78, 5) is 41.6. The average molecular weight is 376 g/mol. The molecule has 28 heavy (non-hydrogen) atoms. The second-order valence-electron chi connectivity index (χ2n) is 8.10. The number of benzene rings is 2. The van der Waals surface area contributed by atoms with E-state index in [2.05, 4.69) is 13.8 Å². The first-order chi connectivity index (χ1) is 13.4. The highest BCUT2D eigenvalue weighted by atomic mass is 16.2. The number of rotatable bonds is 3. The molecule has 2 unspecified atom stereocenters. The maximum absolute atomic E-state index is 13.0. The molecule has 0 saturated carbocycles. The Morgan fingerprint density at radius 2 is 1.57 bits per heavy atom. The van der Waals surface area contributed by atoms with Gasteiger partial charge in [0.25, 0.3) is 17.7 Å². The third kappa shape index (κ3) is 3.33. The topological polar surface area (TPSA) is 57.7 Å². The molecule has 0 radical (unpaired) electrons. The van der Waals surface area contributed by atoms with Gasteiger partial charge in [-0.25, -0.2) is 0 Å². The van der Waals surface area contributed by atoms with Crippen LogP contribution in [-0.2, 0) is 6.54 Å². The van der Waals surface area contributed by atoms with Crippen molar-refractivity contribution in [3.05, 3.63) is 70.8 Å². The van der Waals surface area contributed by atoms with E-state index >= 15 is 0 Å². The molecular formula is C23H24N2O3. The second kappa shape index (κ2) is 7.23. The number of amides is 3. The molecule has 0 aromatic heterocycles. The Morgan fingerprint density at radius 3 is 2.25 bits per heavy atom. The van der Waals surface area contributed by atoms with Gasteiger partial charge in [-0.2, -0.15) is 0 Å². The summed E-state index contributed by atoms with van der Waals surface area (Å²) < 4.78 is 0. The molecule has 1 saturated heterocycles. The van der Waals surface area contributed by atoms with Gasteiger partial charge in [0.1, 0.15) is 0 Å². The van der Waals surface area contributed by atoms with Crippen LogP contribution >= 0.6 is 0 Å². The molecule has 5 heteroatoms. The first kappa shape index (κ1) is 18.4. The summed E-state index contributed by atoms with van der Waals surface area (Å²) >= 11 is 0. The summed E-state index contributed by atoms with van der Waals surface area (Å²) in [6.07, 6.45) is 1.12. The largest absolute Gasteiger partial charge is 0.338 e. The first-order valence-electron chi connectivity index (χ1n) is 9.77. The predicted molar refractivity (Wildman–Crippen MR) is 106 cm³/mol. The van der Waals surface area contributed by atoms with Crippen LogP contribution in [0.3, 0.4) is 0 Å². The maximum Gasteiger partial charge on any atom is 0.261 e. The minimum Gasteiger partial charge on any atom is -0.338 e. The van der Waals surface area contributed by atoms with Gasteiger partial charge >= 0.3 is 0 Å². The molecule has 144 valence electrons. The van der Waals surface area contributed by atoms with Gasteiger partial charge in [0.15, 0.2) is 0 Å². The number of fused-ring (bicyclic) bond motifs is 1. The molecule has 0 aliphatic carbocycles. The van der Waals surface area contributed by atoms with Crippen molar-refractivity contribution in [3.8, 4) is 0 Å². The van der Waals surface area contributed by atoms with E-state index in [1.54, 1.807) is 18.2 Å². The molecule has 2 aromatic carbocycles. The van der Waals surface area contributed by atoms with E-state index in [0.29, 0.717) is 28.5 Å². The van der Waals surface area contributed by atoms with E-state index < -0.39 is 0 Å². The minimum atomic E-state index is -0.334. The fourth-order valence-corrected chi connectivity index (χ4v) is 4.34. The molecule has 4 rings (SSSR count). The molecule has 0 bridgehead atoms. The van der Waals surface area contributed by atoms with E-state index in [0.717, 1.165) is 25.1 Å². The molecule has 0 spiro atoms. The summed E-state index contributed by atoms with van der Waals surface area (Å²) in [7, 11) is 0. The van der Waals surface area contributed by atoms with Crippen LogP contribution in [-0.4, -0.2) is 40.6 Å². The van der Waals surface area contributed by atoms with Crippen LogP contribution in [0.25, 0.3) is 0 Å². The maximum atomic E-state index is 13.0. The van der Waals surface area contributed by atoms with Gasteiger partial charge in [-0.05, 0) is 42.0 Å². The highest BCUT2D eigenvalue weighted by Crippen LogP contribution is 2.27. The fourth-order valence-electron chi connectivity index (χ4n) is 4.34. The standard InChI is InChI=1S/C23H24N2O3/c1-15-10-16(2)13-24(12-15)21(26)18-8-9-19-20(11-18)23(28)25(22(19)27)14-17-6-4-3-5-7-17/h3-9,11,15-16H,10,12-14H2,1-2H3. The molecule has 2 atom stereocenters. The smallest absolute Gasteiger partial charge is 0.261 e. The Labute approximate surface area is 164 Å². The van der Waals surface area contributed by atoms with Crippen molar-refractivity contribution in [2.24, 2.45) is 11.8 Å². The van der Waals surface area contributed by atoms with E-state index in [1.165, 1.54) is 4.90 Å². The van der Waals surface area contributed by atoms with Crippen molar-refractivity contribution in [1.29, 1.82) is 0 Å². The van der Waals surface area contributed by atoms with E-state index in [4.69, 9.17) is 0 Å². The van der Waals surface area contributed by atoms with Crippen molar-refractivity contribution < 1.29 is 14.4 Å². The van der Waals surface area contributed by atoms with Gasteiger partial charge in [-0.3, -0.25) is 19.3 Å². The van der Waals surface area contributed by atoms with E-state index in [1.807, 2.05) is 35.2 Å².